The van der Waals surface area contributed by atoms with Gasteiger partial charge in [0.2, 0.25) is 0 Å². The Morgan fingerprint density at radius 2 is 1.89 bits per heavy atom. The number of benzene rings is 2. The van der Waals surface area contributed by atoms with Crippen LogP contribution in [0.15, 0.2) is 42.5 Å². The predicted octanol–water partition coefficient (Wildman–Crippen LogP) is 3.06. The number of nitriles is 1. The van der Waals surface area contributed by atoms with Crippen LogP contribution in [0.1, 0.15) is 16.7 Å². The molecule has 3 heteroatoms. The lowest BCUT2D eigenvalue weighted by Crippen LogP contribution is -2.01. The molecule has 0 saturated heterocycles. The summed E-state index contributed by atoms with van der Waals surface area (Å²) >= 11 is 0. The molecular weight excluding hydrogens is 222 g/mol. The van der Waals surface area contributed by atoms with Gasteiger partial charge in [-0.3, -0.25) is 0 Å². The lowest BCUT2D eigenvalue weighted by molar-refractivity contribution is 1.14. The number of hydrogen-bond donors (Lipinski definition) is 2. The third-order valence-electron chi connectivity index (χ3n) is 2.83. The Labute approximate surface area is 107 Å². The second-order valence-corrected chi connectivity index (χ2v) is 4.24. The van der Waals surface area contributed by atoms with Crippen LogP contribution in [0.2, 0.25) is 0 Å². The summed E-state index contributed by atoms with van der Waals surface area (Å²) in [7, 11) is 0. The first kappa shape index (κ1) is 12.0. The average molecular weight is 237 g/mol. The molecule has 0 spiro atoms. The van der Waals surface area contributed by atoms with Crippen LogP contribution in [0.4, 0.5) is 11.4 Å². The molecule has 2 aromatic carbocycles. The van der Waals surface area contributed by atoms with E-state index in [0.29, 0.717) is 5.56 Å². The smallest absolute Gasteiger partial charge is 0.0991 e. The second-order valence-electron chi connectivity index (χ2n) is 4.24. The van der Waals surface area contributed by atoms with Gasteiger partial charge < -0.3 is 11.1 Å². The van der Waals surface area contributed by atoms with Gasteiger partial charge in [0.25, 0.3) is 0 Å². The van der Waals surface area contributed by atoms with E-state index >= 15 is 0 Å². The first-order valence-corrected chi connectivity index (χ1v) is 5.78. The molecule has 90 valence electrons. The molecule has 0 bridgehead atoms. The Bertz CT molecular complexity index is 580. The Morgan fingerprint density at radius 1 is 1.17 bits per heavy atom. The van der Waals surface area contributed by atoms with Gasteiger partial charge in [-0.15, -0.1) is 0 Å². The van der Waals surface area contributed by atoms with Crippen LogP contribution >= 0.6 is 0 Å². The minimum absolute atomic E-state index is 0.680. The van der Waals surface area contributed by atoms with Crippen molar-refractivity contribution >= 4 is 11.4 Å². The van der Waals surface area contributed by atoms with Crippen molar-refractivity contribution in [1.29, 1.82) is 5.26 Å². The number of nitrogens with two attached hydrogens (primary N) is 1. The first-order valence-electron chi connectivity index (χ1n) is 5.78. The molecule has 0 aliphatic heterocycles. The lowest BCUT2D eigenvalue weighted by atomic mass is 10.1. The van der Waals surface area contributed by atoms with Crippen molar-refractivity contribution in [2.24, 2.45) is 0 Å². The van der Waals surface area contributed by atoms with Gasteiger partial charge in [0.15, 0.2) is 0 Å². The van der Waals surface area contributed by atoms with Gasteiger partial charge in [-0.05, 0) is 42.3 Å². The predicted molar refractivity (Wildman–Crippen MR) is 74.1 cm³/mol. The summed E-state index contributed by atoms with van der Waals surface area (Å²) < 4.78 is 0. The van der Waals surface area contributed by atoms with Crippen LogP contribution in [0, 0.1) is 18.3 Å². The zero-order valence-electron chi connectivity index (χ0n) is 10.3. The molecule has 0 aliphatic rings. The van der Waals surface area contributed by atoms with Gasteiger partial charge in [-0.2, -0.15) is 5.26 Å². The van der Waals surface area contributed by atoms with Crippen LogP contribution in [0.5, 0.6) is 0 Å². The highest BCUT2D eigenvalue weighted by Crippen LogP contribution is 2.19. The molecule has 18 heavy (non-hydrogen) atoms. The summed E-state index contributed by atoms with van der Waals surface area (Å²) in [4.78, 5) is 0. The van der Waals surface area contributed by atoms with Crippen LogP contribution < -0.4 is 11.1 Å². The Morgan fingerprint density at radius 3 is 2.56 bits per heavy atom. The van der Waals surface area contributed by atoms with Gasteiger partial charge >= 0.3 is 0 Å². The zero-order valence-corrected chi connectivity index (χ0v) is 10.3. The number of aryl methyl sites for hydroxylation is 1. The standard InChI is InChI=1S/C15H15N3/c1-11-2-7-14(17)8-15(11)18-10-13-5-3-12(9-16)4-6-13/h2-8,18H,10,17H2,1H3. The van der Waals surface area contributed by atoms with Gasteiger partial charge in [-0.25, -0.2) is 0 Å². The van der Waals surface area contributed by atoms with E-state index in [9.17, 15) is 0 Å². The van der Waals surface area contributed by atoms with Crippen molar-refractivity contribution in [1.82, 2.24) is 0 Å². The summed E-state index contributed by atoms with van der Waals surface area (Å²) in [6.07, 6.45) is 0. The third kappa shape index (κ3) is 2.80. The van der Waals surface area contributed by atoms with Crippen LogP contribution in [-0.4, -0.2) is 0 Å². The van der Waals surface area contributed by atoms with Crippen LogP contribution in [0.3, 0.4) is 0 Å². The molecule has 0 radical (unpaired) electrons. The fraction of sp³-hybridized carbons (Fsp3) is 0.133. The zero-order chi connectivity index (χ0) is 13.0. The van der Waals surface area contributed by atoms with Crippen molar-refractivity contribution in [2.45, 2.75) is 13.5 Å². The molecule has 0 saturated carbocycles. The van der Waals surface area contributed by atoms with E-state index in [0.717, 1.165) is 29.0 Å². The van der Waals surface area contributed by atoms with Crippen molar-refractivity contribution in [2.75, 3.05) is 11.1 Å². The Balaban J connectivity index is 2.07. The van der Waals surface area contributed by atoms with E-state index in [4.69, 9.17) is 11.0 Å². The quantitative estimate of drug-likeness (QED) is 0.806. The molecule has 0 fully saturated rings. The Hall–Kier alpha value is -2.47. The van der Waals surface area contributed by atoms with Gasteiger partial charge in [0, 0.05) is 17.9 Å². The fourth-order valence-electron chi connectivity index (χ4n) is 1.72. The number of anilines is 2. The topological polar surface area (TPSA) is 61.8 Å². The summed E-state index contributed by atoms with van der Waals surface area (Å²) in [6, 6.07) is 15.5. The van der Waals surface area contributed by atoms with Crippen molar-refractivity contribution in [3.63, 3.8) is 0 Å². The van der Waals surface area contributed by atoms with Crippen molar-refractivity contribution in [3.8, 4) is 6.07 Å². The molecule has 0 aliphatic carbocycles. The van der Waals surface area contributed by atoms with E-state index in [1.165, 1.54) is 0 Å². The van der Waals surface area contributed by atoms with Crippen LogP contribution in [-0.2, 0) is 6.54 Å². The molecule has 0 unspecified atom stereocenters. The third-order valence-corrected chi connectivity index (χ3v) is 2.83. The summed E-state index contributed by atoms with van der Waals surface area (Å²) in [6.45, 7) is 2.76. The SMILES string of the molecule is Cc1ccc(N)cc1NCc1ccc(C#N)cc1. The minimum atomic E-state index is 0.680. The molecule has 0 amide bonds. The molecule has 2 aromatic rings. The molecule has 0 atom stereocenters. The van der Waals surface area contributed by atoms with E-state index in [-0.39, 0.29) is 0 Å². The molecule has 2 rings (SSSR count). The maximum absolute atomic E-state index is 8.72. The first-order chi connectivity index (χ1) is 8.69. The van der Waals surface area contributed by atoms with Gasteiger partial charge in [0.05, 0.1) is 11.6 Å². The van der Waals surface area contributed by atoms with Gasteiger partial charge in [0.1, 0.15) is 0 Å². The van der Waals surface area contributed by atoms with E-state index < -0.39 is 0 Å². The summed E-state index contributed by atoms with van der Waals surface area (Å²) in [5, 5.41) is 12.1. The lowest BCUT2D eigenvalue weighted by Gasteiger charge is -2.10. The van der Waals surface area contributed by atoms with E-state index in [2.05, 4.69) is 11.4 Å². The number of rotatable bonds is 3. The number of hydrogen-bond acceptors (Lipinski definition) is 3. The minimum Gasteiger partial charge on any atom is -0.399 e. The monoisotopic (exact) mass is 237 g/mol. The van der Waals surface area contributed by atoms with E-state index in [1.807, 2.05) is 49.4 Å². The molecule has 3 nitrogen and oxygen atoms in total. The highest BCUT2D eigenvalue weighted by molar-refractivity contribution is 5.59. The molecule has 0 aromatic heterocycles. The molecular formula is C15H15N3. The van der Waals surface area contributed by atoms with Crippen molar-refractivity contribution < 1.29 is 0 Å². The Kier molecular flexibility index (Phi) is 3.49. The van der Waals surface area contributed by atoms with Crippen LogP contribution in [0.25, 0.3) is 0 Å². The fourth-order valence-corrected chi connectivity index (χ4v) is 1.72. The average Bonchev–Trinajstić information content (AvgIpc) is 2.40. The van der Waals surface area contributed by atoms with E-state index in [1.54, 1.807) is 0 Å². The normalized spacial score (nSPS) is 9.78. The summed E-state index contributed by atoms with van der Waals surface area (Å²) in [5.74, 6) is 0. The van der Waals surface area contributed by atoms with Gasteiger partial charge in [-0.1, -0.05) is 18.2 Å². The van der Waals surface area contributed by atoms with Crippen molar-refractivity contribution in [3.05, 3.63) is 59.2 Å². The highest BCUT2D eigenvalue weighted by atomic mass is 14.9. The molecule has 0 heterocycles. The molecule has 3 N–H and O–H groups in total. The maximum Gasteiger partial charge on any atom is 0.0991 e. The number of nitrogen functional groups attached to an aromatic ring is 1. The number of nitrogens with one attached hydrogen (secondary N) is 1. The largest absolute Gasteiger partial charge is 0.399 e. The second kappa shape index (κ2) is 5.24. The maximum atomic E-state index is 8.72. The summed E-state index contributed by atoms with van der Waals surface area (Å²) in [5.41, 5.74) is 10.5. The number of nitrogens with zero attached hydrogens (tertiary/aromatic N) is 1. The highest BCUT2D eigenvalue weighted by Gasteiger charge is 1.99.